The molecule has 0 unspecified atom stereocenters. The van der Waals surface area contributed by atoms with Crippen LogP contribution in [0.4, 0.5) is 5.82 Å². The highest BCUT2D eigenvalue weighted by atomic mass is 16.5. The summed E-state index contributed by atoms with van der Waals surface area (Å²) < 4.78 is 7.03. The van der Waals surface area contributed by atoms with Gasteiger partial charge in [-0.15, -0.1) is 5.10 Å². The van der Waals surface area contributed by atoms with E-state index in [1.807, 2.05) is 24.3 Å². The molecule has 3 heterocycles. The largest absolute Gasteiger partial charge is 0.494 e. The second-order valence-corrected chi connectivity index (χ2v) is 5.78. The first kappa shape index (κ1) is 17.3. The second kappa shape index (κ2) is 7.67. The molecule has 8 nitrogen and oxygen atoms in total. The van der Waals surface area contributed by atoms with E-state index in [0.29, 0.717) is 22.9 Å². The van der Waals surface area contributed by atoms with Crippen molar-refractivity contribution in [2.45, 2.75) is 0 Å². The summed E-state index contributed by atoms with van der Waals surface area (Å²) in [7, 11) is 1.58. The fraction of sp³-hybridized carbons (Fsp3) is 0.0500. The highest BCUT2D eigenvalue weighted by Crippen LogP contribution is 2.29. The Morgan fingerprint density at radius 1 is 1.00 bits per heavy atom. The number of para-hydroxylation sites is 2. The van der Waals surface area contributed by atoms with Gasteiger partial charge in [-0.1, -0.05) is 23.4 Å². The van der Waals surface area contributed by atoms with Crippen LogP contribution in [-0.2, 0) is 0 Å². The molecule has 0 saturated carbocycles. The van der Waals surface area contributed by atoms with Crippen LogP contribution < -0.4 is 10.1 Å². The van der Waals surface area contributed by atoms with E-state index in [-0.39, 0.29) is 5.69 Å². The number of anilines is 1. The maximum Gasteiger partial charge on any atom is 0.279 e. The predicted molar refractivity (Wildman–Crippen MR) is 103 cm³/mol. The van der Waals surface area contributed by atoms with Crippen LogP contribution >= 0.6 is 0 Å². The zero-order chi connectivity index (χ0) is 19.3. The molecule has 0 atom stereocenters. The molecular weight excluding hydrogens is 356 g/mol. The lowest BCUT2D eigenvalue weighted by Crippen LogP contribution is -2.15. The van der Waals surface area contributed by atoms with Crippen LogP contribution in [-0.4, -0.2) is 38.0 Å². The molecule has 0 radical (unpaired) electrons. The summed E-state index contributed by atoms with van der Waals surface area (Å²) in [5.41, 5.74) is 2.11. The molecule has 1 aromatic carbocycles. The van der Waals surface area contributed by atoms with E-state index >= 15 is 0 Å². The molecule has 0 aliphatic heterocycles. The molecular formula is C20H16N6O2. The molecule has 4 rings (SSSR count). The van der Waals surface area contributed by atoms with Crippen LogP contribution in [0.15, 0.2) is 73.2 Å². The number of hydrogen-bond acceptors (Lipinski definition) is 6. The van der Waals surface area contributed by atoms with Gasteiger partial charge in [0.05, 0.1) is 7.11 Å². The number of nitrogens with zero attached hydrogens (tertiary/aromatic N) is 5. The number of carbonyl (C=O) groups is 1. The van der Waals surface area contributed by atoms with Crippen LogP contribution in [0, 0.1) is 0 Å². The Morgan fingerprint density at radius 3 is 2.54 bits per heavy atom. The Labute approximate surface area is 160 Å². The summed E-state index contributed by atoms with van der Waals surface area (Å²) in [6.07, 6.45) is 4.90. The van der Waals surface area contributed by atoms with Crippen molar-refractivity contribution in [3.8, 4) is 22.7 Å². The van der Waals surface area contributed by atoms with Gasteiger partial charge in [-0.3, -0.25) is 9.78 Å². The predicted octanol–water partition coefficient (Wildman–Crippen LogP) is 2.99. The summed E-state index contributed by atoms with van der Waals surface area (Å²) in [4.78, 5) is 21.1. The van der Waals surface area contributed by atoms with Gasteiger partial charge < -0.3 is 10.1 Å². The maximum absolute atomic E-state index is 12.9. The van der Waals surface area contributed by atoms with Crippen molar-refractivity contribution in [3.63, 3.8) is 0 Å². The monoisotopic (exact) mass is 372 g/mol. The van der Waals surface area contributed by atoms with E-state index in [1.165, 1.54) is 0 Å². The van der Waals surface area contributed by atoms with Gasteiger partial charge in [0.2, 0.25) is 0 Å². The number of aromatic nitrogens is 5. The minimum atomic E-state index is -0.410. The Morgan fingerprint density at radius 2 is 1.79 bits per heavy atom. The van der Waals surface area contributed by atoms with Crippen molar-refractivity contribution in [1.82, 2.24) is 25.0 Å². The molecule has 1 N–H and O–H groups in total. The quantitative estimate of drug-likeness (QED) is 0.579. The van der Waals surface area contributed by atoms with Gasteiger partial charge >= 0.3 is 0 Å². The normalized spacial score (nSPS) is 10.5. The number of carbonyl (C=O) groups excluding carboxylic acids is 1. The average molecular weight is 372 g/mol. The number of methoxy groups -OCH3 is 1. The zero-order valence-electron chi connectivity index (χ0n) is 15.0. The summed E-state index contributed by atoms with van der Waals surface area (Å²) in [5.74, 6) is 0.631. The van der Waals surface area contributed by atoms with Gasteiger partial charge in [-0.25, -0.2) is 9.67 Å². The Balaban J connectivity index is 1.84. The van der Waals surface area contributed by atoms with Crippen LogP contribution in [0.1, 0.15) is 10.5 Å². The number of benzene rings is 1. The summed E-state index contributed by atoms with van der Waals surface area (Å²) >= 11 is 0. The highest BCUT2D eigenvalue weighted by Gasteiger charge is 2.23. The molecule has 0 aliphatic carbocycles. The fourth-order valence-corrected chi connectivity index (χ4v) is 2.79. The van der Waals surface area contributed by atoms with E-state index in [0.717, 1.165) is 5.56 Å². The molecule has 28 heavy (non-hydrogen) atoms. The molecule has 0 spiro atoms. The lowest BCUT2D eigenvalue weighted by Gasteiger charge is -2.11. The molecule has 0 saturated heterocycles. The molecule has 0 aliphatic rings. The highest BCUT2D eigenvalue weighted by molar-refractivity contribution is 6.06. The van der Waals surface area contributed by atoms with E-state index in [9.17, 15) is 4.79 Å². The number of hydrogen-bond donors (Lipinski definition) is 1. The molecule has 8 heteroatoms. The summed E-state index contributed by atoms with van der Waals surface area (Å²) in [6.45, 7) is 0. The van der Waals surface area contributed by atoms with E-state index in [2.05, 4.69) is 25.6 Å². The van der Waals surface area contributed by atoms with Crippen molar-refractivity contribution in [2.75, 3.05) is 12.4 Å². The molecule has 1 amide bonds. The summed E-state index contributed by atoms with van der Waals surface area (Å²) in [6, 6.07) is 16.2. The number of ether oxygens (including phenoxy) is 1. The maximum atomic E-state index is 12.9. The van der Waals surface area contributed by atoms with Gasteiger partial charge in [0, 0.05) is 24.2 Å². The van der Waals surface area contributed by atoms with E-state index < -0.39 is 5.91 Å². The Bertz CT molecular complexity index is 1100. The topological polar surface area (TPSA) is 94.8 Å². The van der Waals surface area contributed by atoms with Crippen molar-refractivity contribution < 1.29 is 9.53 Å². The van der Waals surface area contributed by atoms with Crippen LogP contribution in [0.3, 0.4) is 0 Å². The van der Waals surface area contributed by atoms with Crippen molar-refractivity contribution in [3.05, 3.63) is 78.9 Å². The number of rotatable bonds is 5. The number of amides is 1. The van der Waals surface area contributed by atoms with E-state index in [1.54, 1.807) is 60.7 Å². The average Bonchev–Trinajstić information content (AvgIpc) is 3.20. The van der Waals surface area contributed by atoms with Crippen LogP contribution in [0.5, 0.6) is 5.75 Å². The number of pyridine rings is 2. The zero-order valence-corrected chi connectivity index (χ0v) is 15.0. The Kier molecular flexibility index (Phi) is 4.75. The Hall–Kier alpha value is -4.07. The van der Waals surface area contributed by atoms with Crippen LogP contribution in [0.25, 0.3) is 16.9 Å². The summed E-state index contributed by atoms with van der Waals surface area (Å²) in [5, 5.41) is 11.1. The SMILES string of the molecule is COc1ccccc1-n1nnc(C(=O)Nc2ccccn2)c1-c1ccncc1. The van der Waals surface area contributed by atoms with Crippen molar-refractivity contribution in [2.24, 2.45) is 0 Å². The van der Waals surface area contributed by atoms with Gasteiger partial charge in [0.15, 0.2) is 5.69 Å². The molecule has 3 aromatic heterocycles. The number of nitrogens with one attached hydrogen (secondary N) is 1. The minimum Gasteiger partial charge on any atom is -0.494 e. The lowest BCUT2D eigenvalue weighted by molar-refractivity contribution is 0.102. The third-order valence-electron chi connectivity index (χ3n) is 4.06. The van der Waals surface area contributed by atoms with Gasteiger partial charge in [-0.2, -0.15) is 0 Å². The molecule has 0 bridgehead atoms. The molecule has 4 aromatic rings. The van der Waals surface area contributed by atoms with E-state index in [4.69, 9.17) is 4.74 Å². The third kappa shape index (κ3) is 3.30. The molecule has 138 valence electrons. The van der Waals surface area contributed by atoms with Crippen LogP contribution in [0.2, 0.25) is 0 Å². The van der Waals surface area contributed by atoms with Gasteiger partial charge in [0.25, 0.3) is 5.91 Å². The minimum absolute atomic E-state index is 0.169. The first-order valence-corrected chi connectivity index (χ1v) is 8.50. The fourth-order valence-electron chi connectivity index (χ4n) is 2.79. The lowest BCUT2D eigenvalue weighted by atomic mass is 10.1. The van der Waals surface area contributed by atoms with Gasteiger partial charge in [-0.05, 0) is 36.4 Å². The first-order chi connectivity index (χ1) is 13.8. The third-order valence-corrected chi connectivity index (χ3v) is 4.06. The van der Waals surface area contributed by atoms with Crippen molar-refractivity contribution >= 4 is 11.7 Å². The van der Waals surface area contributed by atoms with Gasteiger partial charge in [0.1, 0.15) is 22.9 Å². The standard InChI is InChI=1S/C20H16N6O2/c1-28-16-7-3-2-6-15(16)26-19(14-9-12-21-13-10-14)18(24-25-26)20(27)23-17-8-4-5-11-22-17/h2-13H,1H3,(H,22,23,27). The second-order valence-electron chi connectivity index (χ2n) is 5.78. The smallest absolute Gasteiger partial charge is 0.279 e. The first-order valence-electron chi connectivity index (χ1n) is 8.50. The molecule has 0 fully saturated rings. The van der Waals surface area contributed by atoms with Crippen molar-refractivity contribution in [1.29, 1.82) is 0 Å².